The predicted octanol–water partition coefficient (Wildman–Crippen LogP) is 4.82. The van der Waals surface area contributed by atoms with Gasteiger partial charge in [-0.25, -0.2) is 4.79 Å². The van der Waals surface area contributed by atoms with Gasteiger partial charge in [0, 0.05) is 19.1 Å². The fourth-order valence-electron chi connectivity index (χ4n) is 6.14. The van der Waals surface area contributed by atoms with Gasteiger partial charge < -0.3 is 10.2 Å². The highest BCUT2D eigenvalue weighted by molar-refractivity contribution is 5.74. The molecule has 4 bridgehead atoms. The summed E-state index contributed by atoms with van der Waals surface area (Å²) in [6, 6.07) is 10.6. The van der Waals surface area contributed by atoms with Gasteiger partial charge >= 0.3 is 6.03 Å². The zero-order valence-electron chi connectivity index (χ0n) is 15.7. The molecular weight excluding hydrogens is 308 g/mol. The van der Waals surface area contributed by atoms with E-state index in [0.717, 1.165) is 24.3 Å². The lowest BCUT2D eigenvalue weighted by Crippen LogP contribution is -2.53. The van der Waals surface area contributed by atoms with Gasteiger partial charge in [0.1, 0.15) is 0 Å². The highest BCUT2D eigenvalue weighted by atomic mass is 16.2. The Morgan fingerprint density at radius 2 is 1.64 bits per heavy atom. The molecule has 0 atom stereocenters. The first-order chi connectivity index (χ1) is 12.0. The number of benzene rings is 1. The minimum Gasteiger partial charge on any atom is -0.337 e. The van der Waals surface area contributed by atoms with Gasteiger partial charge in [-0.15, -0.1) is 0 Å². The summed E-state index contributed by atoms with van der Waals surface area (Å²) in [6.07, 6.45) is 8.41. The Morgan fingerprint density at radius 1 is 1.08 bits per heavy atom. The van der Waals surface area contributed by atoms with E-state index in [1.807, 2.05) is 23.1 Å². The van der Waals surface area contributed by atoms with Gasteiger partial charge in [-0.1, -0.05) is 30.3 Å². The summed E-state index contributed by atoms with van der Waals surface area (Å²) in [7, 11) is 0. The summed E-state index contributed by atoms with van der Waals surface area (Å²) in [6.45, 7) is 5.78. The van der Waals surface area contributed by atoms with E-state index in [1.54, 1.807) is 0 Å². The van der Waals surface area contributed by atoms with E-state index in [9.17, 15) is 4.79 Å². The third-order valence-electron chi connectivity index (χ3n) is 6.86. The molecule has 1 aromatic carbocycles. The third-order valence-corrected chi connectivity index (χ3v) is 6.86. The molecule has 0 heterocycles. The molecule has 4 aliphatic rings. The molecule has 3 nitrogen and oxygen atoms in total. The van der Waals surface area contributed by atoms with Crippen molar-refractivity contribution in [1.29, 1.82) is 0 Å². The first-order valence-corrected chi connectivity index (χ1v) is 10.1. The van der Waals surface area contributed by atoms with Crippen LogP contribution < -0.4 is 5.32 Å². The van der Waals surface area contributed by atoms with Crippen LogP contribution in [0.25, 0.3) is 0 Å². The normalized spacial score (nSPS) is 32.8. The van der Waals surface area contributed by atoms with Crippen molar-refractivity contribution >= 4 is 6.03 Å². The summed E-state index contributed by atoms with van der Waals surface area (Å²) < 4.78 is 0. The van der Waals surface area contributed by atoms with Gasteiger partial charge in [0.2, 0.25) is 0 Å². The Morgan fingerprint density at radius 3 is 2.16 bits per heavy atom. The van der Waals surface area contributed by atoms with E-state index in [2.05, 4.69) is 31.3 Å². The molecular formula is C22H32N2O. The average Bonchev–Trinajstić information content (AvgIpc) is 2.57. The first kappa shape index (κ1) is 16.9. The highest BCUT2D eigenvalue weighted by Crippen LogP contribution is 2.59. The molecule has 0 spiro atoms. The van der Waals surface area contributed by atoms with Gasteiger partial charge in [-0.2, -0.15) is 0 Å². The Bertz CT molecular complexity index is 574. The Hall–Kier alpha value is -1.51. The molecule has 1 aromatic rings. The fourth-order valence-corrected chi connectivity index (χ4v) is 6.14. The maximum atomic E-state index is 12.9. The van der Waals surface area contributed by atoms with Crippen molar-refractivity contribution in [2.24, 2.45) is 23.2 Å². The lowest BCUT2D eigenvalue weighted by Gasteiger charge is -2.57. The number of nitrogens with zero attached hydrogens (tertiary/aromatic N) is 1. The van der Waals surface area contributed by atoms with E-state index in [1.165, 1.54) is 44.1 Å². The molecule has 4 aliphatic carbocycles. The monoisotopic (exact) mass is 340 g/mol. The molecule has 2 amide bonds. The minimum absolute atomic E-state index is 0.106. The molecule has 1 N–H and O–H groups in total. The van der Waals surface area contributed by atoms with Crippen molar-refractivity contribution in [3.8, 4) is 0 Å². The van der Waals surface area contributed by atoms with Crippen LogP contribution >= 0.6 is 0 Å². The summed E-state index contributed by atoms with van der Waals surface area (Å²) >= 11 is 0. The van der Waals surface area contributed by atoms with Crippen molar-refractivity contribution in [2.45, 2.75) is 65.0 Å². The highest BCUT2D eigenvalue weighted by Gasteiger charge is 2.50. The van der Waals surface area contributed by atoms with Gasteiger partial charge in [0.05, 0.1) is 0 Å². The maximum Gasteiger partial charge on any atom is 0.317 e. The number of hydrogen-bond acceptors (Lipinski definition) is 1. The molecule has 0 aromatic heterocycles. The number of carbonyl (C=O) groups excluding carboxylic acids is 1. The largest absolute Gasteiger partial charge is 0.337 e. The number of hydrogen-bond donors (Lipinski definition) is 1. The van der Waals surface area contributed by atoms with Crippen LogP contribution in [0.1, 0.15) is 57.9 Å². The topological polar surface area (TPSA) is 32.3 Å². The zero-order chi connectivity index (χ0) is 17.4. The van der Waals surface area contributed by atoms with Crippen molar-refractivity contribution in [3.05, 3.63) is 35.9 Å². The van der Waals surface area contributed by atoms with E-state index >= 15 is 0 Å². The molecule has 25 heavy (non-hydrogen) atoms. The molecule has 5 rings (SSSR count). The smallest absolute Gasteiger partial charge is 0.317 e. The van der Waals surface area contributed by atoms with Crippen LogP contribution in [0.2, 0.25) is 0 Å². The quantitative estimate of drug-likeness (QED) is 0.818. The van der Waals surface area contributed by atoms with Gasteiger partial charge in [-0.05, 0) is 81.1 Å². The van der Waals surface area contributed by atoms with E-state index < -0.39 is 0 Å². The second-order valence-corrected chi connectivity index (χ2v) is 9.28. The second kappa shape index (κ2) is 6.66. The van der Waals surface area contributed by atoms with Crippen molar-refractivity contribution in [3.63, 3.8) is 0 Å². The summed E-state index contributed by atoms with van der Waals surface area (Å²) in [5.41, 5.74) is 1.60. The van der Waals surface area contributed by atoms with Crippen molar-refractivity contribution in [2.75, 3.05) is 6.54 Å². The zero-order valence-corrected chi connectivity index (χ0v) is 15.7. The molecule has 0 unspecified atom stereocenters. The molecule has 0 aliphatic heterocycles. The van der Waals surface area contributed by atoms with Crippen molar-refractivity contribution < 1.29 is 4.79 Å². The first-order valence-electron chi connectivity index (χ1n) is 10.1. The number of amides is 2. The maximum absolute atomic E-state index is 12.9. The molecule has 0 radical (unpaired) electrons. The molecule has 0 saturated heterocycles. The van der Waals surface area contributed by atoms with E-state index in [4.69, 9.17) is 0 Å². The van der Waals surface area contributed by atoms with E-state index in [0.29, 0.717) is 12.0 Å². The van der Waals surface area contributed by atoms with Crippen LogP contribution in [0, 0.1) is 23.2 Å². The van der Waals surface area contributed by atoms with Gasteiger partial charge in [0.25, 0.3) is 0 Å². The lowest BCUT2D eigenvalue weighted by molar-refractivity contribution is -0.0503. The summed E-state index contributed by atoms with van der Waals surface area (Å²) in [4.78, 5) is 14.9. The van der Waals surface area contributed by atoms with Crippen molar-refractivity contribution in [1.82, 2.24) is 10.2 Å². The van der Waals surface area contributed by atoms with Crippen LogP contribution in [-0.4, -0.2) is 23.5 Å². The number of nitrogens with one attached hydrogen (secondary N) is 1. The number of carbonyl (C=O) groups is 1. The Labute approximate surface area is 152 Å². The van der Waals surface area contributed by atoms with Crippen LogP contribution in [0.4, 0.5) is 4.79 Å². The fraction of sp³-hybridized carbons (Fsp3) is 0.682. The standard InChI is InChI=1S/C22H32N2O/c1-16(2)24(14-17-6-4-3-5-7-17)21(25)23-15-22-11-18-8-19(12-22)10-20(9-18)13-22/h3-7,16,18-20H,8-15H2,1-2H3,(H,23,25). The van der Waals surface area contributed by atoms with Crippen LogP contribution in [0.3, 0.4) is 0 Å². The Balaban J connectivity index is 1.38. The number of urea groups is 1. The molecule has 136 valence electrons. The summed E-state index contributed by atoms with van der Waals surface area (Å²) in [5, 5.41) is 3.33. The average molecular weight is 341 g/mol. The van der Waals surface area contributed by atoms with Gasteiger partial charge in [0.15, 0.2) is 0 Å². The predicted molar refractivity (Wildman–Crippen MR) is 101 cm³/mol. The van der Waals surface area contributed by atoms with Gasteiger partial charge in [-0.3, -0.25) is 0 Å². The molecule has 3 heteroatoms. The van der Waals surface area contributed by atoms with Crippen LogP contribution in [0.5, 0.6) is 0 Å². The lowest BCUT2D eigenvalue weighted by atomic mass is 9.49. The number of rotatable bonds is 5. The summed E-state index contributed by atoms with van der Waals surface area (Å²) in [5.74, 6) is 2.82. The van der Waals surface area contributed by atoms with Crippen LogP contribution in [-0.2, 0) is 6.54 Å². The molecule has 4 saturated carbocycles. The van der Waals surface area contributed by atoms with Crippen LogP contribution in [0.15, 0.2) is 30.3 Å². The molecule has 4 fully saturated rings. The minimum atomic E-state index is 0.106. The second-order valence-electron chi connectivity index (χ2n) is 9.28. The third kappa shape index (κ3) is 3.56. The Kier molecular flexibility index (Phi) is 4.51. The SMILES string of the molecule is CC(C)N(Cc1ccccc1)C(=O)NCC12CC3CC(CC(C3)C1)C2. The van der Waals surface area contributed by atoms with E-state index in [-0.39, 0.29) is 12.1 Å².